The Labute approximate surface area is 207 Å². The Bertz CT molecular complexity index is 1250. The number of ether oxygens (including phenoxy) is 2. The minimum Gasteiger partial charge on any atom is -0.497 e. The molecule has 5 rings (SSSR count). The van der Waals surface area contributed by atoms with E-state index in [0.717, 1.165) is 58.5 Å². The van der Waals surface area contributed by atoms with E-state index in [1.54, 1.807) is 18.4 Å². The molecule has 3 heterocycles. The number of aryl methyl sites for hydroxylation is 1. The van der Waals surface area contributed by atoms with E-state index in [1.807, 2.05) is 49.4 Å². The molecule has 1 atom stereocenters. The highest BCUT2D eigenvalue weighted by Crippen LogP contribution is 2.26. The lowest BCUT2D eigenvalue weighted by Crippen LogP contribution is -2.48. The fourth-order valence-electron chi connectivity index (χ4n) is 4.14. The van der Waals surface area contributed by atoms with Crippen LogP contribution in [0.1, 0.15) is 10.9 Å². The van der Waals surface area contributed by atoms with E-state index in [1.165, 1.54) is 0 Å². The van der Waals surface area contributed by atoms with Gasteiger partial charge in [0.15, 0.2) is 0 Å². The molecular weight excluding hydrogens is 466 g/mol. The van der Waals surface area contributed by atoms with Gasteiger partial charge < -0.3 is 19.0 Å². The largest absolute Gasteiger partial charge is 0.497 e. The quantitative estimate of drug-likeness (QED) is 0.375. The molecule has 0 amide bonds. The molecule has 1 N–H and O–H groups in total. The molecule has 0 aliphatic carbocycles. The zero-order valence-electron chi connectivity index (χ0n) is 19.9. The standard InChI is InChI=1S/C25H29N5O4S/c1-17-26-22-13-21(7-8-23(22)35-17)33-16-19(31)14-29-9-11-30(12-10-29)15-24-27-28-25(34-24)18-3-5-20(32-2)6-4-18/h3-8,13,19,31H,9-12,14-16H2,1-2H3. The van der Waals surface area contributed by atoms with Gasteiger partial charge in [0.1, 0.15) is 24.2 Å². The molecule has 1 unspecified atom stereocenters. The number of aromatic nitrogens is 3. The van der Waals surface area contributed by atoms with Crippen molar-refractivity contribution in [3.05, 3.63) is 53.4 Å². The summed E-state index contributed by atoms with van der Waals surface area (Å²) in [5.41, 5.74) is 1.81. The molecule has 2 aromatic heterocycles. The number of fused-ring (bicyclic) bond motifs is 1. The lowest BCUT2D eigenvalue weighted by atomic mass is 10.2. The third-order valence-corrected chi connectivity index (χ3v) is 6.96. The van der Waals surface area contributed by atoms with E-state index >= 15 is 0 Å². The summed E-state index contributed by atoms with van der Waals surface area (Å²) in [6.45, 7) is 6.90. The van der Waals surface area contributed by atoms with Gasteiger partial charge in [-0.05, 0) is 43.3 Å². The normalized spacial score (nSPS) is 16.0. The summed E-state index contributed by atoms with van der Waals surface area (Å²) in [5, 5.41) is 19.9. The molecule has 10 heteroatoms. The highest BCUT2D eigenvalue weighted by atomic mass is 32.1. The van der Waals surface area contributed by atoms with Gasteiger partial charge in [0.25, 0.3) is 0 Å². The summed E-state index contributed by atoms with van der Waals surface area (Å²) >= 11 is 1.67. The fourth-order valence-corrected chi connectivity index (χ4v) is 4.95. The van der Waals surface area contributed by atoms with Crippen LogP contribution < -0.4 is 9.47 Å². The monoisotopic (exact) mass is 495 g/mol. The molecule has 0 spiro atoms. The predicted octanol–water partition coefficient (Wildman–Crippen LogP) is 3.22. The van der Waals surface area contributed by atoms with Gasteiger partial charge in [-0.2, -0.15) is 0 Å². The number of methoxy groups -OCH3 is 1. The van der Waals surface area contributed by atoms with Crippen LogP contribution in [0.2, 0.25) is 0 Å². The molecular formula is C25H29N5O4S. The van der Waals surface area contributed by atoms with Crippen molar-refractivity contribution in [3.63, 3.8) is 0 Å². The number of hydrogen-bond acceptors (Lipinski definition) is 10. The van der Waals surface area contributed by atoms with Gasteiger partial charge >= 0.3 is 0 Å². The second kappa shape index (κ2) is 10.7. The van der Waals surface area contributed by atoms with Gasteiger partial charge in [-0.3, -0.25) is 9.80 Å². The van der Waals surface area contributed by atoms with Crippen LogP contribution in [0.5, 0.6) is 11.5 Å². The molecule has 9 nitrogen and oxygen atoms in total. The van der Waals surface area contributed by atoms with Crippen molar-refractivity contribution in [2.45, 2.75) is 19.6 Å². The zero-order valence-corrected chi connectivity index (χ0v) is 20.7. The van der Waals surface area contributed by atoms with Crippen LogP contribution in [0.3, 0.4) is 0 Å². The van der Waals surface area contributed by atoms with Crippen molar-refractivity contribution in [2.75, 3.05) is 46.4 Å². The van der Waals surface area contributed by atoms with Crippen LogP contribution in [0.25, 0.3) is 21.7 Å². The number of benzene rings is 2. The Hall–Kier alpha value is -3.05. The highest BCUT2D eigenvalue weighted by molar-refractivity contribution is 7.18. The third kappa shape index (κ3) is 5.96. The maximum atomic E-state index is 10.5. The van der Waals surface area contributed by atoms with Gasteiger partial charge in [-0.15, -0.1) is 21.5 Å². The molecule has 35 heavy (non-hydrogen) atoms. The molecule has 1 saturated heterocycles. The second-order valence-electron chi connectivity index (χ2n) is 8.63. The summed E-state index contributed by atoms with van der Waals surface area (Å²) in [6, 6.07) is 13.4. The number of aliphatic hydroxyl groups excluding tert-OH is 1. The summed E-state index contributed by atoms with van der Waals surface area (Å²) < 4.78 is 18.0. The number of aliphatic hydroxyl groups is 1. The molecule has 0 saturated carbocycles. The second-order valence-corrected chi connectivity index (χ2v) is 9.87. The van der Waals surface area contributed by atoms with Gasteiger partial charge in [0, 0.05) is 44.4 Å². The topological polar surface area (TPSA) is 97.0 Å². The van der Waals surface area contributed by atoms with Crippen LogP contribution >= 0.6 is 11.3 Å². The van der Waals surface area contributed by atoms with Crippen LogP contribution in [-0.2, 0) is 6.54 Å². The van der Waals surface area contributed by atoms with Crippen molar-refractivity contribution in [2.24, 2.45) is 0 Å². The van der Waals surface area contributed by atoms with E-state index in [-0.39, 0.29) is 6.61 Å². The number of β-amino-alcohol motifs (C(OH)–C–C–N with tert-alkyl or cyclic N) is 1. The molecule has 1 fully saturated rings. The van der Waals surface area contributed by atoms with E-state index in [9.17, 15) is 5.11 Å². The maximum Gasteiger partial charge on any atom is 0.247 e. The van der Waals surface area contributed by atoms with E-state index in [2.05, 4.69) is 25.0 Å². The lowest BCUT2D eigenvalue weighted by Gasteiger charge is -2.34. The van der Waals surface area contributed by atoms with Gasteiger partial charge in [0.2, 0.25) is 11.8 Å². The lowest BCUT2D eigenvalue weighted by molar-refractivity contribution is 0.0431. The molecule has 2 aromatic carbocycles. The predicted molar refractivity (Wildman–Crippen MR) is 134 cm³/mol. The number of hydrogen-bond donors (Lipinski definition) is 1. The van der Waals surface area contributed by atoms with Crippen molar-refractivity contribution >= 4 is 21.6 Å². The van der Waals surface area contributed by atoms with Gasteiger partial charge in [-0.1, -0.05) is 0 Å². The average Bonchev–Trinajstić information content (AvgIpc) is 3.49. The third-order valence-electron chi connectivity index (χ3n) is 6.00. The Morgan fingerprint density at radius 2 is 1.77 bits per heavy atom. The number of piperazine rings is 1. The molecule has 4 aromatic rings. The van der Waals surface area contributed by atoms with Crippen LogP contribution in [0.4, 0.5) is 0 Å². The van der Waals surface area contributed by atoms with Crippen LogP contribution in [0, 0.1) is 6.92 Å². The number of rotatable bonds is 9. The number of thiazole rings is 1. The van der Waals surface area contributed by atoms with Crippen molar-refractivity contribution in [1.29, 1.82) is 0 Å². The first-order chi connectivity index (χ1) is 17.1. The van der Waals surface area contributed by atoms with E-state index in [4.69, 9.17) is 13.9 Å². The average molecular weight is 496 g/mol. The van der Waals surface area contributed by atoms with Crippen LogP contribution in [-0.4, -0.2) is 82.6 Å². The zero-order chi connectivity index (χ0) is 24.2. The van der Waals surface area contributed by atoms with E-state index in [0.29, 0.717) is 24.9 Å². The van der Waals surface area contributed by atoms with Crippen molar-refractivity contribution in [3.8, 4) is 23.0 Å². The minimum atomic E-state index is -0.558. The summed E-state index contributed by atoms with van der Waals surface area (Å²) in [7, 11) is 1.64. The molecule has 0 radical (unpaired) electrons. The minimum absolute atomic E-state index is 0.255. The first kappa shape index (κ1) is 23.7. The van der Waals surface area contributed by atoms with Gasteiger partial charge in [0.05, 0.1) is 28.9 Å². The SMILES string of the molecule is COc1ccc(-c2nnc(CN3CCN(CC(O)COc4ccc5sc(C)nc5c4)CC3)o2)cc1. The van der Waals surface area contributed by atoms with E-state index < -0.39 is 6.10 Å². The first-order valence-corrected chi connectivity index (χ1v) is 12.5. The summed E-state index contributed by atoms with van der Waals surface area (Å²) in [4.78, 5) is 9.04. The fraction of sp³-hybridized carbons (Fsp3) is 0.400. The molecule has 184 valence electrons. The molecule has 1 aliphatic heterocycles. The first-order valence-electron chi connectivity index (χ1n) is 11.7. The number of nitrogens with zero attached hydrogens (tertiary/aromatic N) is 5. The molecule has 0 bridgehead atoms. The smallest absolute Gasteiger partial charge is 0.247 e. The van der Waals surface area contributed by atoms with Crippen molar-refractivity contribution < 1.29 is 19.0 Å². The Kier molecular flexibility index (Phi) is 7.24. The highest BCUT2D eigenvalue weighted by Gasteiger charge is 2.21. The van der Waals surface area contributed by atoms with Crippen LogP contribution in [0.15, 0.2) is 46.9 Å². The Balaban J connectivity index is 1.05. The molecule has 1 aliphatic rings. The van der Waals surface area contributed by atoms with Crippen molar-refractivity contribution in [1.82, 2.24) is 25.0 Å². The summed E-state index contributed by atoms with van der Waals surface area (Å²) in [5.74, 6) is 2.63. The Morgan fingerprint density at radius 3 is 2.54 bits per heavy atom. The summed E-state index contributed by atoms with van der Waals surface area (Å²) in [6.07, 6.45) is -0.558. The maximum absolute atomic E-state index is 10.5. The van der Waals surface area contributed by atoms with Gasteiger partial charge in [-0.25, -0.2) is 4.98 Å². The Morgan fingerprint density at radius 1 is 1.03 bits per heavy atom.